The van der Waals surface area contributed by atoms with Gasteiger partial charge in [-0.3, -0.25) is 0 Å². The molecule has 0 aliphatic heterocycles. The van der Waals surface area contributed by atoms with Gasteiger partial charge in [-0.05, 0) is 50.6 Å². The number of hydrogen-bond acceptors (Lipinski definition) is 3. The van der Waals surface area contributed by atoms with E-state index < -0.39 is 11.6 Å². The van der Waals surface area contributed by atoms with Gasteiger partial charge in [0.2, 0.25) is 0 Å². The molecule has 0 aromatic carbocycles. The number of hydrogen-bond donors (Lipinski definition) is 0. The highest BCUT2D eigenvalue weighted by Gasteiger charge is 2.14. The highest BCUT2D eigenvalue weighted by atomic mass is 32.1. The van der Waals surface area contributed by atoms with E-state index in [1.54, 1.807) is 0 Å². The van der Waals surface area contributed by atoms with Gasteiger partial charge in [0.15, 0.2) is 0 Å². The molecule has 1 heterocycles. The van der Waals surface area contributed by atoms with Crippen LogP contribution in [0.1, 0.15) is 31.2 Å². The van der Waals surface area contributed by atoms with Crippen molar-refractivity contribution in [1.29, 1.82) is 0 Å². The molecule has 0 unspecified atom stereocenters. The number of rotatable bonds is 0. The predicted molar refractivity (Wildman–Crippen MR) is 61.8 cm³/mol. The van der Waals surface area contributed by atoms with Gasteiger partial charge in [-0.2, -0.15) is 0 Å². The fourth-order valence-corrected chi connectivity index (χ4v) is 1.66. The molecule has 0 radical (unpaired) electrons. The summed E-state index contributed by atoms with van der Waals surface area (Å²) >= 11 is 1.53. The van der Waals surface area contributed by atoms with Crippen LogP contribution >= 0.6 is 11.3 Å². The summed E-state index contributed by atoms with van der Waals surface area (Å²) in [4.78, 5) is 12.1. The summed E-state index contributed by atoms with van der Waals surface area (Å²) in [6, 6.07) is 1.95. The molecule has 0 saturated heterocycles. The summed E-state index contributed by atoms with van der Waals surface area (Å²) in [7, 11) is 0. The van der Waals surface area contributed by atoms with E-state index >= 15 is 0 Å². The summed E-state index contributed by atoms with van der Waals surface area (Å²) in [6.45, 7) is 7.46. The van der Waals surface area contributed by atoms with Crippen LogP contribution in [0.15, 0.2) is 11.4 Å². The Balaban J connectivity index is 2.63. The largest absolute Gasteiger partial charge is 0.450 e. The average Bonchev–Trinajstić information content (AvgIpc) is 2.45. The van der Waals surface area contributed by atoms with E-state index in [0.29, 0.717) is 0 Å². The van der Waals surface area contributed by atoms with Crippen LogP contribution in [0, 0.1) is 18.8 Å². The predicted octanol–water partition coefficient (Wildman–Crippen LogP) is 2.75. The van der Waals surface area contributed by atoms with Gasteiger partial charge in [-0.15, -0.1) is 11.3 Å². The van der Waals surface area contributed by atoms with Crippen molar-refractivity contribution in [2.75, 3.05) is 0 Å². The summed E-state index contributed by atoms with van der Waals surface area (Å²) in [5, 5.41) is 2.00. The normalized spacial score (nSPS) is 10.4. The topological polar surface area (TPSA) is 26.3 Å². The van der Waals surface area contributed by atoms with Gasteiger partial charge in [-0.25, -0.2) is 4.79 Å². The lowest BCUT2D eigenvalue weighted by atomic mass is 10.2. The smallest absolute Gasteiger partial charge is 0.385 e. The van der Waals surface area contributed by atoms with Crippen molar-refractivity contribution >= 4 is 17.3 Å². The molecular formula is C12H14O2S. The third-order valence-corrected chi connectivity index (χ3v) is 2.38. The lowest BCUT2D eigenvalue weighted by Crippen LogP contribution is -2.22. The number of carbonyl (C=O) groups is 1. The first-order valence-electron chi connectivity index (χ1n) is 4.67. The lowest BCUT2D eigenvalue weighted by molar-refractivity contribution is -0.147. The zero-order chi connectivity index (χ0) is 11.5. The van der Waals surface area contributed by atoms with E-state index in [1.165, 1.54) is 11.3 Å². The average molecular weight is 222 g/mol. The van der Waals surface area contributed by atoms with E-state index in [-0.39, 0.29) is 0 Å². The molecule has 0 N–H and O–H groups in total. The van der Waals surface area contributed by atoms with Crippen LogP contribution in [0.4, 0.5) is 0 Å². The van der Waals surface area contributed by atoms with Gasteiger partial charge in [0, 0.05) is 5.92 Å². The van der Waals surface area contributed by atoms with Crippen LogP contribution in [-0.4, -0.2) is 11.6 Å². The maximum absolute atomic E-state index is 11.2. The Kier molecular flexibility index (Phi) is 3.54. The molecule has 0 fully saturated rings. The van der Waals surface area contributed by atoms with Crippen molar-refractivity contribution in [3.63, 3.8) is 0 Å². The molecule has 1 aromatic rings. The minimum absolute atomic E-state index is 0.475. The quantitative estimate of drug-likeness (QED) is 0.498. The van der Waals surface area contributed by atoms with Gasteiger partial charge in [0.05, 0.1) is 4.88 Å². The molecule has 0 atom stereocenters. The van der Waals surface area contributed by atoms with Gasteiger partial charge >= 0.3 is 5.97 Å². The first kappa shape index (κ1) is 11.8. The molecule has 0 saturated carbocycles. The Morgan fingerprint density at radius 3 is 2.60 bits per heavy atom. The summed E-state index contributed by atoms with van der Waals surface area (Å²) in [5.41, 5.74) is 0.686. The van der Waals surface area contributed by atoms with Crippen LogP contribution in [0.2, 0.25) is 0 Å². The van der Waals surface area contributed by atoms with E-state index in [2.05, 4.69) is 11.8 Å². The van der Waals surface area contributed by atoms with Crippen LogP contribution in [0.25, 0.3) is 0 Å². The van der Waals surface area contributed by atoms with Crippen LogP contribution in [0.3, 0.4) is 0 Å². The molecular weight excluding hydrogens is 208 g/mol. The van der Waals surface area contributed by atoms with Crippen molar-refractivity contribution in [2.45, 2.75) is 33.3 Å². The zero-order valence-electron chi connectivity index (χ0n) is 9.38. The van der Waals surface area contributed by atoms with Crippen molar-refractivity contribution in [2.24, 2.45) is 0 Å². The number of thiophene rings is 1. The maximum Gasteiger partial charge on any atom is 0.385 e. The molecule has 0 aliphatic carbocycles. The molecule has 0 aliphatic rings. The molecule has 1 rings (SSSR count). The molecule has 80 valence electrons. The second-order valence-electron chi connectivity index (χ2n) is 4.24. The zero-order valence-corrected chi connectivity index (χ0v) is 10.2. The Morgan fingerprint density at radius 2 is 2.13 bits per heavy atom. The molecule has 2 nitrogen and oxygen atoms in total. The SMILES string of the molecule is Cc1csc(C#CC(=O)OC(C)(C)C)c1. The lowest BCUT2D eigenvalue weighted by Gasteiger charge is -2.16. The summed E-state index contributed by atoms with van der Waals surface area (Å²) in [5.74, 6) is 4.77. The number of carbonyl (C=O) groups excluding carboxylic acids is 1. The highest BCUT2D eigenvalue weighted by molar-refractivity contribution is 7.10. The molecule has 15 heavy (non-hydrogen) atoms. The van der Waals surface area contributed by atoms with Gasteiger partial charge in [-0.1, -0.05) is 0 Å². The fraction of sp³-hybridized carbons (Fsp3) is 0.417. The minimum Gasteiger partial charge on any atom is -0.450 e. The second kappa shape index (κ2) is 4.50. The summed E-state index contributed by atoms with van der Waals surface area (Å²) < 4.78 is 5.06. The Morgan fingerprint density at radius 1 is 1.47 bits per heavy atom. The third kappa shape index (κ3) is 4.66. The second-order valence-corrected chi connectivity index (χ2v) is 5.15. The first-order chi connectivity index (χ1) is 6.87. The minimum atomic E-state index is -0.478. The summed E-state index contributed by atoms with van der Waals surface area (Å²) in [6.07, 6.45) is 0. The van der Waals surface area contributed by atoms with Crippen molar-refractivity contribution < 1.29 is 9.53 Å². The van der Waals surface area contributed by atoms with Crippen molar-refractivity contribution in [1.82, 2.24) is 0 Å². The van der Waals surface area contributed by atoms with Crippen molar-refractivity contribution in [3.05, 3.63) is 21.9 Å². The fourth-order valence-electron chi connectivity index (χ4n) is 0.913. The Labute approximate surface area is 94.3 Å². The molecule has 0 bridgehead atoms. The third-order valence-electron chi connectivity index (χ3n) is 1.42. The number of ether oxygens (including phenoxy) is 1. The highest BCUT2D eigenvalue weighted by Crippen LogP contribution is 2.12. The van der Waals surface area contributed by atoms with Crippen LogP contribution in [0.5, 0.6) is 0 Å². The monoisotopic (exact) mass is 222 g/mol. The van der Waals surface area contributed by atoms with Crippen LogP contribution < -0.4 is 0 Å². The maximum atomic E-state index is 11.2. The van der Waals surface area contributed by atoms with Gasteiger partial charge in [0.1, 0.15) is 5.60 Å². The van der Waals surface area contributed by atoms with Crippen molar-refractivity contribution in [3.8, 4) is 11.8 Å². The Bertz CT molecular complexity index is 413. The first-order valence-corrected chi connectivity index (χ1v) is 5.55. The molecule has 0 amide bonds. The van der Waals surface area contributed by atoms with E-state index in [0.717, 1.165) is 10.4 Å². The number of aryl methyl sites for hydroxylation is 1. The van der Waals surface area contributed by atoms with Crippen LogP contribution in [-0.2, 0) is 9.53 Å². The standard InChI is InChI=1S/C12H14O2S/c1-9-7-10(15-8-9)5-6-11(13)14-12(2,3)4/h7-8H,1-4H3. The van der Waals surface area contributed by atoms with E-state index in [1.807, 2.05) is 39.1 Å². The molecule has 0 spiro atoms. The number of esters is 1. The van der Waals surface area contributed by atoms with E-state index in [4.69, 9.17) is 4.74 Å². The Hall–Kier alpha value is -1.27. The molecule has 1 aromatic heterocycles. The van der Waals surface area contributed by atoms with Gasteiger partial charge < -0.3 is 4.74 Å². The van der Waals surface area contributed by atoms with E-state index in [9.17, 15) is 4.79 Å². The molecule has 3 heteroatoms. The van der Waals surface area contributed by atoms with Gasteiger partial charge in [0.25, 0.3) is 0 Å².